The van der Waals surface area contributed by atoms with Crippen LogP contribution in [0.2, 0.25) is 0 Å². The van der Waals surface area contributed by atoms with Gasteiger partial charge in [-0.25, -0.2) is 0 Å². The van der Waals surface area contributed by atoms with Crippen molar-refractivity contribution in [3.63, 3.8) is 0 Å². The van der Waals surface area contributed by atoms with Gasteiger partial charge in [-0.3, -0.25) is 0 Å². The second-order valence-corrected chi connectivity index (χ2v) is 0. The molecule has 0 aliphatic heterocycles. The summed E-state index contributed by atoms with van der Waals surface area (Å²) in [6.07, 6.45) is 0. The third-order valence-electron chi connectivity index (χ3n) is 0. The smallest absolute Gasteiger partial charge is 1.00 e. The number of hydrogen-bond donors (Lipinski definition) is 0. The molecule has 0 aliphatic rings. The van der Waals surface area contributed by atoms with Gasteiger partial charge in [0.05, 0.1) is 0 Å². The van der Waals surface area contributed by atoms with Crippen molar-refractivity contribution in [1.29, 1.82) is 0 Å². The van der Waals surface area contributed by atoms with Crippen LogP contribution in [0.4, 0.5) is 0 Å². The summed E-state index contributed by atoms with van der Waals surface area (Å²) < 4.78 is 0. The third kappa shape index (κ3) is 10.7. The van der Waals surface area contributed by atoms with Gasteiger partial charge in [0.1, 0.15) is 0 Å². The topological polar surface area (TPSA) is 28.5 Å². The van der Waals surface area contributed by atoms with E-state index in [0.29, 0.717) is 0 Å². The molecular weight excluding hydrogens is 171 g/mol. The Hall–Kier alpha value is 1.22. The first-order valence-corrected chi connectivity index (χ1v) is 0. The summed E-state index contributed by atoms with van der Waals surface area (Å²) in [5.74, 6) is 0. The molecule has 0 heterocycles. The maximum absolute atomic E-state index is 0. The minimum absolute atomic E-state index is 0. The molecule has 0 saturated heterocycles. The molecule has 0 aromatic rings. The Labute approximate surface area is 50.8 Å². The monoisotopic (exact) mass is 170 g/mol. The third-order valence-corrected chi connectivity index (χ3v) is 0. The predicted molar refractivity (Wildman–Crippen MR) is 6.44 cm³/mol. The molecule has 0 saturated carbocycles. The van der Waals surface area contributed by atoms with E-state index in [1.165, 1.54) is 0 Å². The van der Waals surface area contributed by atoms with Gasteiger partial charge in [-0.15, -0.1) is 0 Å². The molecule has 0 atom stereocenters. The second-order valence-electron chi connectivity index (χ2n) is 0. The van der Waals surface area contributed by atoms with Crippen molar-refractivity contribution in [2.45, 2.75) is 0 Å². The first-order valence-electron chi connectivity index (χ1n) is 0. The first-order chi connectivity index (χ1) is 0. The predicted octanol–water partition coefficient (Wildman–Crippen LogP) is -0.505. The van der Waals surface area contributed by atoms with Gasteiger partial charge < -0.3 is 5.48 Å². The molecule has 0 amide bonds. The summed E-state index contributed by atoms with van der Waals surface area (Å²) in [6, 6.07) is 0. The molecule has 0 rings (SSSR count). The van der Waals surface area contributed by atoms with Crippen molar-refractivity contribution in [1.82, 2.24) is 0 Å². The molecule has 4 heteroatoms. The largest absolute Gasteiger partial charge is 2.00 e. The van der Waals surface area contributed by atoms with Crippen LogP contribution in [0, 0.1) is 0 Å². The fraction of sp³-hybridized carbons (Fsp3) is 0. The SMILES string of the molecule is [Cu+].[Cu+].[O-2].[Si]. The quantitative estimate of drug-likeness (QED) is 0.439. The Morgan fingerprint density at radius 2 is 0.750 bits per heavy atom. The van der Waals surface area contributed by atoms with Crippen LogP contribution in [-0.4, -0.2) is 11.0 Å². The van der Waals surface area contributed by atoms with Gasteiger partial charge >= 0.3 is 34.1 Å². The summed E-state index contributed by atoms with van der Waals surface area (Å²) >= 11 is 0. The minimum atomic E-state index is 0. The summed E-state index contributed by atoms with van der Waals surface area (Å²) in [6.45, 7) is 0. The van der Waals surface area contributed by atoms with Gasteiger partial charge in [0.15, 0.2) is 0 Å². The molecule has 0 unspecified atom stereocenters. The van der Waals surface area contributed by atoms with Crippen molar-refractivity contribution in [2.24, 2.45) is 0 Å². The Bertz CT molecular complexity index is 6.00. The molecule has 32 valence electrons. The number of hydrogen-bond acceptors (Lipinski definition) is 0. The molecule has 0 spiro atoms. The zero-order chi connectivity index (χ0) is 0. The van der Waals surface area contributed by atoms with Crippen molar-refractivity contribution in [3.05, 3.63) is 0 Å². The van der Waals surface area contributed by atoms with Crippen LogP contribution in [0.3, 0.4) is 0 Å². The first kappa shape index (κ1) is 62.7. The summed E-state index contributed by atoms with van der Waals surface area (Å²) in [5.41, 5.74) is 0. The molecule has 4 radical (unpaired) electrons. The second kappa shape index (κ2) is 29.5. The fourth-order valence-corrected chi connectivity index (χ4v) is 0. The van der Waals surface area contributed by atoms with Gasteiger partial charge in [-0.05, 0) is 0 Å². The minimum Gasteiger partial charge on any atom is -2.00 e. The van der Waals surface area contributed by atoms with Gasteiger partial charge in [0.25, 0.3) is 0 Å². The van der Waals surface area contributed by atoms with Crippen LogP contribution in [0.5, 0.6) is 0 Å². The van der Waals surface area contributed by atoms with E-state index in [1.54, 1.807) is 0 Å². The van der Waals surface area contributed by atoms with Crippen molar-refractivity contribution >= 4 is 11.0 Å². The van der Waals surface area contributed by atoms with E-state index in [-0.39, 0.29) is 50.6 Å². The van der Waals surface area contributed by atoms with E-state index in [1.807, 2.05) is 0 Å². The molecular formula is Cu2OSi. The van der Waals surface area contributed by atoms with Gasteiger partial charge in [0, 0.05) is 11.0 Å². The van der Waals surface area contributed by atoms with Crippen LogP contribution < -0.4 is 0 Å². The average Bonchev–Trinajstić information content (AvgIpc) is 0. The summed E-state index contributed by atoms with van der Waals surface area (Å²) in [7, 11) is 0. The standard InChI is InChI=1S/2Cu.O.Si/q2*+1;-2;. The van der Waals surface area contributed by atoms with E-state index in [2.05, 4.69) is 0 Å². The molecule has 0 bridgehead atoms. The van der Waals surface area contributed by atoms with Crippen LogP contribution >= 0.6 is 0 Å². The molecule has 0 aromatic carbocycles. The van der Waals surface area contributed by atoms with Crippen LogP contribution in [0.15, 0.2) is 0 Å². The zero-order valence-corrected chi connectivity index (χ0v) is 4.39. The van der Waals surface area contributed by atoms with Gasteiger partial charge in [-0.1, -0.05) is 0 Å². The van der Waals surface area contributed by atoms with Crippen LogP contribution in [0.1, 0.15) is 0 Å². The van der Waals surface area contributed by atoms with E-state index in [4.69, 9.17) is 0 Å². The van der Waals surface area contributed by atoms with Crippen LogP contribution in [0.25, 0.3) is 0 Å². The molecule has 0 N–H and O–H groups in total. The van der Waals surface area contributed by atoms with Gasteiger partial charge in [-0.2, -0.15) is 0 Å². The molecule has 0 aromatic heterocycles. The van der Waals surface area contributed by atoms with E-state index >= 15 is 0 Å². The molecule has 1 nitrogen and oxygen atoms in total. The molecule has 4 heavy (non-hydrogen) atoms. The van der Waals surface area contributed by atoms with E-state index in [0.717, 1.165) is 0 Å². The average molecular weight is 171 g/mol. The number of rotatable bonds is 0. The van der Waals surface area contributed by atoms with E-state index < -0.39 is 0 Å². The van der Waals surface area contributed by atoms with Crippen molar-refractivity contribution in [2.75, 3.05) is 0 Å². The molecule has 0 fully saturated rings. The summed E-state index contributed by atoms with van der Waals surface area (Å²) in [5, 5.41) is 0. The fourth-order valence-electron chi connectivity index (χ4n) is 0. The zero-order valence-electron chi connectivity index (χ0n) is 1.51. The van der Waals surface area contributed by atoms with Gasteiger partial charge in [0.2, 0.25) is 0 Å². The normalized spacial score (nSPS) is 0. The Morgan fingerprint density at radius 3 is 0.750 bits per heavy atom. The maximum atomic E-state index is 0. The van der Waals surface area contributed by atoms with Crippen molar-refractivity contribution in [3.8, 4) is 0 Å². The van der Waals surface area contributed by atoms with E-state index in [9.17, 15) is 0 Å². The Balaban J connectivity index is 0. The van der Waals surface area contributed by atoms with Crippen LogP contribution in [-0.2, 0) is 39.6 Å². The molecule has 0 aliphatic carbocycles. The maximum Gasteiger partial charge on any atom is 1.00 e. The van der Waals surface area contributed by atoms with Crippen molar-refractivity contribution < 1.29 is 39.6 Å². The Morgan fingerprint density at radius 1 is 0.750 bits per heavy atom. The summed E-state index contributed by atoms with van der Waals surface area (Å²) in [4.78, 5) is 0. The Kier molecular flexibility index (Phi) is 462.